The quantitative estimate of drug-likeness (QED) is 0.543. The number of aromatic nitrogens is 6. The largest absolute Gasteiger partial charge is 0.349 e. The Balaban J connectivity index is 1.25. The van der Waals surface area contributed by atoms with Crippen LogP contribution in [0.25, 0.3) is 11.4 Å². The summed E-state index contributed by atoms with van der Waals surface area (Å²) in [5, 5.41) is 16.2. The maximum Gasteiger partial charge on any atom is 0.251 e. The maximum atomic E-state index is 12.9. The Hall–Kier alpha value is -3.81. The van der Waals surface area contributed by atoms with E-state index < -0.39 is 0 Å². The smallest absolute Gasteiger partial charge is 0.251 e. The molecule has 156 valence electrons. The Labute approximate surface area is 180 Å². The molecule has 0 saturated heterocycles. The number of carbonyl (C=O) groups excluding carboxylic acids is 1. The molecule has 1 aliphatic rings. The first kappa shape index (κ1) is 19.2. The van der Waals surface area contributed by atoms with E-state index in [0.717, 1.165) is 48.6 Å². The normalized spacial score (nSPS) is 15.8. The topological polar surface area (TPSA) is 90.5 Å². The molecule has 8 nitrogen and oxygen atoms in total. The predicted octanol–water partition coefficient (Wildman–Crippen LogP) is 2.72. The van der Waals surface area contributed by atoms with Gasteiger partial charge in [-0.05, 0) is 48.7 Å². The molecule has 1 unspecified atom stereocenters. The highest BCUT2D eigenvalue weighted by molar-refractivity contribution is 5.94. The fourth-order valence-corrected chi connectivity index (χ4v) is 4.00. The number of amides is 1. The van der Waals surface area contributed by atoms with Crippen LogP contribution in [-0.4, -0.2) is 41.5 Å². The Morgan fingerprint density at radius 2 is 2.06 bits per heavy atom. The van der Waals surface area contributed by atoms with E-state index in [-0.39, 0.29) is 11.9 Å². The first-order chi connectivity index (χ1) is 15.3. The number of fused-ring (bicyclic) bond motifs is 1. The fraction of sp³-hybridized carbons (Fsp3) is 0.261. The first-order valence-corrected chi connectivity index (χ1v) is 10.5. The lowest BCUT2D eigenvalue weighted by Gasteiger charge is -2.16. The molecule has 4 heterocycles. The van der Waals surface area contributed by atoms with Gasteiger partial charge in [0.2, 0.25) is 0 Å². The summed E-state index contributed by atoms with van der Waals surface area (Å²) >= 11 is 0. The van der Waals surface area contributed by atoms with Crippen LogP contribution < -0.4 is 5.32 Å². The van der Waals surface area contributed by atoms with E-state index in [9.17, 15) is 4.79 Å². The molecular formula is C23H23N7O. The highest BCUT2D eigenvalue weighted by atomic mass is 16.1. The van der Waals surface area contributed by atoms with Crippen molar-refractivity contribution in [2.75, 3.05) is 0 Å². The van der Waals surface area contributed by atoms with Crippen molar-refractivity contribution in [2.45, 2.75) is 38.4 Å². The van der Waals surface area contributed by atoms with Crippen molar-refractivity contribution in [1.29, 1.82) is 0 Å². The molecule has 0 saturated carbocycles. The van der Waals surface area contributed by atoms with Gasteiger partial charge in [-0.25, -0.2) is 0 Å². The van der Waals surface area contributed by atoms with Gasteiger partial charge in [-0.15, -0.1) is 10.2 Å². The molecule has 3 aromatic heterocycles. The minimum atomic E-state index is -0.0440. The summed E-state index contributed by atoms with van der Waals surface area (Å²) in [5.74, 6) is 1.75. The third-order valence-electron chi connectivity index (χ3n) is 5.59. The molecule has 1 N–H and O–H groups in total. The Bertz CT molecular complexity index is 1170. The molecule has 5 rings (SSSR count). The van der Waals surface area contributed by atoms with E-state index in [1.807, 2.05) is 53.3 Å². The molecule has 0 spiro atoms. The number of aryl methyl sites for hydroxylation is 1. The zero-order valence-corrected chi connectivity index (χ0v) is 17.1. The third kappa shape index (κ3) is 4.23. The van der Waals surface area contributed by atoms with Crippen LogP contribution in [0.5, 0.6) is 0 Å². The number of pyridine rings is 1. The van der Waals surface area contributed by atoms with Crippen LogP contribution in [0.2, 0.25) is 0 Å². The lowest BCUT2D eigenvalue weighted by molar-refractivity contribution is 0.0933. The Morgan fingerprint density at radius 1 is 1.10 bits per heavy atom. The molecule has 0 radical (unpaired) electrons. The molecule has 1 amide bonds. The number of benzene rings is 1. The van der Waals surface area contributed by atoms with Crippen LogP contribution in [0.3, 0.4) is 0 Å². The summed E-state index contributed by atoms with van der Waals surface area (Å²) < 4.78 is 3.99. The van der Waals surface area contributed by atoms with Gasteiger partial charge in [0.1, 0.15) is 5.82 Å². The van der Waals surface area contributed by atoms with Crippen molar-refractivity contribution in [1.82, 2.24) is 34.8 Å². The predicted molar refractivity (Wildman–Crippen MR) is 115 cm³/mol. The Morgan fingerprint density at radius 3 is 2.90 bits per heavy atom. The lowest BCUT2D eigenvalue weighted by atomic mass is 10.1. The Kier molecular flexibility index (Phi) is 5.26. The van der Waals surface area contributed by atoms with Crippen molar-refractivity contribution in [3.05, 3.63) is 84.2 Å². The van der Waals surface area contributed by atoms with Crippen molar-refractivity contribution in [3.8, 4) is 11.4 Å². The van der Waals surface area contributed by atoms with Crippen molar-refractivity contribution >= 4 is 5.91 Å². The highest BCUT2D eigenvalue weighted by Crippen LogP contribution is 2.22. The van der Waals surface area contributed by atoms with Gasteiger partial charge in [0, 0.05) is 54.9 Å². The molecule has 1 atom stereocenters. The molecule has 0 fully saturated rings. The van der Waals surface area contributed by atoms with E-state index in [1.165, 1.54) is 0 Å². The number of nitrogens with zero attached hydrogens (tertiary/aromatic N) is 6. The van der Waals surface area contributed by atoms with Crippen LogP contribution in [0.1, 0.15) is 34.6 Å². The monoisotopic (exact) mass is 413 g/mol. The van der Waals surface area contributed by atoms with E-state index in [4.69, 9.17) is 0 Å². The second-order valence-electron chi connectivity index (χ2n) is 7.73. The van der Waals surface area contributed by atoms with Gasteiger partial charge in [0.15, 0.2) is 5.82 Å². The third-order valence-corrected chi connectivity index (χ3v) is 5.59. The molecule has 1 aliphatic heterocycles. The lowest BCUT2D eigenvalue weighted by Crippen LogP contribution is -2.35. The van der Waals surface area contributed by atoms with Crippen molar-refractivity contribution in [2.24, 2.45) is 0 Å². The standard InChI is InChI=1S/C23H23N7O/c31-23(18-5-1-4-17(14-18)16-29-12-3-11-25-29)26-20-7-8-21-27-28-22(30(21)13-9-20)19-6-2-10-24-15-19/h1-6,10-12,14-15,20H,7-9,13,16H2,(H,26,31). The van der Waals surface area contributed by atoms with Crippen LogP contribution in [0, 0.1) is 0 Å². The van der Waals surface area contributed by atoms with E-state index >= 15 is 0 Å². The zero-order chi connectivity index (χ0) is 21.0. The van der Waals surface area contributed by atoms with Crippen molar-refractivity contribution in [3.63, 3.8) is 0 Å². The molecule has 0 aliphatic carbocycles. The molecule has 8 heteroatoms. The minimum absolute atomic E-state index is 0.0440. The number of carbonyl (C=O) groups is 1. The fourth-order valence-electron chi connectivity index (χ4n) is 4.00. The first-order valence-electron chi connectivity index (χ1n) is 10.5. The van der Waals surface area contributed by atoms with Gasteiger partial charge >= 0.3 is 0 Å². The average Bonchev–Trinajstić information content (AvgIpc) is 3.42. The van der Waals surface area contributed by atoms with Crippen LogP contribution >= 0.6 is 0 Å². The van der Waals surface area contributed by atoms with Crippen molar-refractivity contribution < 1.29 is 4.79 Å². The summed E-state index contributed by atoms with van der Waals surface area (Å²) in [7, 11) is 0. The van der Waals surface area contributed by atoms with Gasteiger partial charge in [-0.1, -0.05) is 12.1 Å². The molecular weight excluding hydrogens is 390 g/mol. The number of hydrogen-bond donors (Lipinski definition) is 1. The molecule has 4 aromatic rings. The molecule has 0 bridgehead atoms. The second kappa shape index (κ2) is 8.51. The van der Waals surface area contributed by atoms with E-state index in [0.29, 0.717) is 12.1 Å². The number of rotatable bonds is 5. The zero-order valence-electron chi connectivity index (χ0n) is 17.1. The van der Waals surface area contributed by atoms with Gasteiger partial charge < -0.3 is 9.88 Å². The summed E-state index contributed by atoms with van der Waals surface area (Å²) in [5.41, 5.74) is 2.67. The summed E-state index contributed by atoms with van der Waals surface area (Å²) in [4.78, 5) is 17.1. The van der Waals surface area contributed by atoms with Crippen LogP contribution in [-0.2, 0) is 19.5 Å². The molecule has 1 aromatic carbocycles. The van der Waals surface area contributed by atoms with Gasteiger partial charge in [0.05, 0.1) is 6.54 Å². The minimum Gasteiger partial charge on any atom is -0.349 e. The highest BCUT2D eigenvalue weighted by Gasteiger charge is 2.22. The summed E-state index contributed by atoms with van der Waals surface area (Å²) in [6, 6.07) is 13.6. The number of hydrogen-bond acceptors (Lipinski definition) is 5. The van der Waals surface area contributed by atoms with E-state index in [1.54, 1.807) is 18.6 Å². The summed E-state index contributed by atoms with van der Waals surface area (Å²) in [6.07, 6.45) is 9.66. The van der Waals surface area contributed by atoms with E-state index in [2.05, 4.69) is 30.2 Å². The van der Waals surface area contributed by atoms with Crippen LogP contribution in [0.15, 0.2) is 67.3 Å². The van der Waals surface area contributed by atoms with Crippen LogP contribution in [0.4, 0.5) is 0 Å². The van der Waals surface area contributed by atoms with Gasteiger partial charge in [-0.3, -0.25) is 14.5 Å². The maximum absolute atomic E-state index is 12.9. The van der Waals surface area contributed by atoms with Gasteiger partial charge in [-0.2, -0.15) is 5.10 Å². The SMILES string of the molecule is O=C(NC1CCc2nnc(-c3cccnc3)n2CC1)c1cccc(Cn2cccn2)c1. The average molecular weight is 413 g/mol. The number of nitrogens with one attached hydrogen (secondary N) is 1. The second-order valence-corrected chi connectivity index (χ2v) is 7.73. The summed E-state index contributed by atoms with van der Waals surface area (Å²) in [6.45, 7) is 1.40. The van der Waals surface area contributed by atoms with Gasteiger partial charge in [0.25, 0.3) is 5.91 Å². The molecule has 31 heavy (non-hydrogen) atoms.